The second kappa shape index (κ2) is 8.28. The number of para-hydroxylation sites is 1. The summed E-state index contributed by atoms with van der Waals surface area (Å²) in [5, 5.41) is 3.55. The van der Waals surface area contributed by atoms with Crippen LogP contribution < -0.4 is 10.1 Å². The Kier molecular flexibility index (Phi) is 7.03. The summed E-state index contributed by atoms with van der Waals surface area (Å²) in [6.07, 6.45) is 1.94. The number of likely N-dealkylation sites (N-methyl/N-ethyl adjacent to an activating group) is 1. The molecule has 0 saturated carbocycles. The molecule has 2 atom stereocenters. The van der Waals surface area contributed by atoms with Crippen molar-refractivity contribution in [3.63, 3.8) is 0 Å². The first-order chi connectivity index (χ1) is 9.62. The fourth-order valence-electron chi connectivity index (χ4n) is 2.39. The molecular formula is C17H29NO2. The highest BCUT2D eigenvalue weighted by Gasteiger charge is 2.34. The molecule has 0 radical (unpaired) electrons. The number of nitrogens with one attached hydrogen (secondary N) is 1. The summed E-state index contributed by atoms with van der Waals surface area (Å²) >= 11 is 0. The van der Waals surface area contributed by atoms with E-state index in [0.29, 0.717) is 0 Å². The van der Waals surface area contributed by atoms with Crippen LogP contribution in [0.5, 0.6) is 5.75 Å². The lowest BCUT2D eigenvalue weighted by Gasteiger charge is -2.37. The molecule has 0 fully saturated rings. The number of hydrogen-bond acceptors (Lipinski definition) is 3. The highest BCUT2D eigenvalue weighted by molar-refractivity contribution is 5.37. The van der Waals surface area contributed by atoms with Crippen LogP contribution >= 0.6 is 0 Å². The van der Waals surface area contributed by atoms with Gasteiger partial charge in [0.15, 0.2) is 0 Å². The van der Waals surface area contributed by atoms with Crippen LogP contribution in [0.4, 0.5) is 0 Å². The molecule has 0 bridgehead atoms. The van der Waals surface area contributed by atoms with Crippen LogP contribution in [0.25, 0.3) is 0 Å². The molecule has 0 aliphatic carbocycles. The molecule has 3 nitrogen and oxygen atoms in total. The molecule has 0 aromatic heterocycles. The fourth-order valence-corrected chi connectivity index (χ4v) is 2.39. The maximum absolute atomic E-state index is 5.90. The predicted octanol–water partition coefficient (Wildman–Crippen LogP) is 3.94. The van der Waals surface area contributed by atoms with E-state index in [-0.39, 0.29) is 11.6 Å². The highest BCUT2D eigenvalue weighted by Crippen LogP contribution is 2.36. The minimum absolute atomic E-state index is 0.121. The van der Waals surface area contributed by atoms with Gasteiger partial charge < -0.3 is 14.8 Å². The number of hydrogen-bond donors (Lipinski definition) is 1. The second-order valence-electron chi connectivity index (χ2n) is 5.25. The Morgan fingerprint density at radius 2 is 1.90 bits per heavy atom. The van der Waals surface area contributed by atoms with Crippen molar-refractivity contribution in [2.45, 2.75) is 52.2 Å². The molecule has 0 aliphatic heterocycles. The van der Waals surface area contributed by atoms with Crippen LogP contribution in [0.3, 0.4) is 0 Å². The third-order valence-electron chi connectivity index (χ3n) is 3.88. The Balaban J connectivity index is 3.14. The maximum atomic E-state index is 5.90. The summed E-state index contributed by atoms with van der Waals surface area (Å²) in [6, 6.07) is 8.37. The van der Waals surface area contributed by atoms with Gasteiger partial charge in [-0.3, -0.25) is 0 Å². The molecule has 0 saturated heterocycles. The Hall–Kier alpha value is -1.06. The van der Waals surface area contributed by atoms with E-state index in [2.05, 4.69) is 45.1 Å². The zero-order valence-electron chi connectivity index (χ0n) is 13.5. The van der Waals surface area contributed by atoms with E-state index in [4.69, 9.17) is 9.47 Å². The molecule has 3 heteroatoms. The van der Waals surface area contributed by atoms with Crippen LogP contribution in [-0.4, -0.2) is 25.9 Å². The summed E-state index contributed by atoms with van der Waals surface area (Å²) < 4.78 is 11.7. The van der Waals surface area contributed by atoms with E-state index in [1.165, 1.54) is 5.56 Å². The minimum Gasteiger partial charge on any atom is -0.493 e. The first kappa shape index (κ1) is 17.0. The van der Waals surface area contributed by atoms with E-state index in [1.807, 2.05) is 12.1 Å². The van der Waals surface area contributed by atoms with Gasteiger partial charge in [0.25, 0.3) is 0 Å². The summed E-state index contributed by atoms with van der Waals surface area (Å²) in [6.45, 7) is 10.2. The summed E-state index contributed by atoms with van der Waals surface area (Å²) in [4.78, 5) is 0. The topological polar surface area (TPSA) is 30.5 Å². The molecule has 1 aromatic rings. The molecule has 1 rings (SSSR count). The lowest BCUT2D eigenvalue weighted by atomic mass is 9.87. The van der Waals surface area contributed by atoms with E-state index >= 15 is 0 Å². The van der Waals surface area contributed by atoms with Crippen LogP contribution in [0.15, 0.2) is 24.3 Å². The molecule has 114 valence electrons. The normalized spacial score (nSPS) is 15.7. The van der Waals surface area contributed by atoms with Gasteiger partial charge in [0.1, 0.15) is 5.75 Å². The van der Waals surface area contributed by atoms with E-state index in [0.717, 1.165) is 31.7 Å². The van der Waals surface area contributed by atoms with Gasteiger partial charge >= 0.3 is 0 Å². The Labute approximate surface area is 123 Å². The van der Waals surface area contributed by atoms with Crippen molar-refractivity contribution in [1.82, 2.24) is 5.32 Å². The molecule has 20 heavy (non-hydrogen) atoms. The van der Waals surface area contributed by atoms with Crippen molar-refractivity contribution in [3.05, 3.63) is 29.8 Å². The molecule has 0 amide bonds. The number of benzene rings is 1. The third kappa shape index (κ3) is 3.97. The molecule has 0 aliphatic rings. The summed E-state index contributed by atoms with van der Waals surface area (Å²) in [7, 11) is 1.78. The van der Waals surface area contributed by atoms with Gasteiger partial charge in [-0.25, -0.2) is 0 Å². The molecule has 0 heterocycles. The molecular weight excluding hydrogens is 250 g/mol. The second-order valence-corrected chi connectivity index (χ2v) is 5.25. The highest BCUT2D eigenvalue weighted by atomic mass is 16.5. The standard InChI is InChI=1S/C17H29NO2/c1-6-13-20-15-12-10-9-11-14(15)16(18-8-3)17(4,7-2)19-5/h9-12,16,18H,6-8,13H2,1-5H3. The van der Waals surface area contributed by atoms with Gasteiger partial charge in [0.05, 0.1) is 18.2 Å². The maximum Gasteiger partial charge on any atom is 0.124 e. The van der Waals surface area contributed by atoms with E-state index < -0.39 is 0 Å². The van der Waals surface area contributed by atoms with Gasteiger partial charge in [-0.1, -0.05) is 39.0 Å². The molecule has 1 aromatic carbocycles. The van der Waals surface area contributed by atoms with Crippen molar-refractivity contribution in [1.29, 1.82) is 0 Å². The third-order valence-corrected chi connectivity index (χ3v) is 3.88. The average Bonchev–Trinajstić information content (AvgIpc) is 2.50. The van der Waals surface area contributed by atoms with Gasteiger partial charge in [-0.2, -0.15) is 0 Å². The van der Waals surface area contributed by atoms with Crippen molar-refractivity contribution in [2.75, 3.05) is 20.3 Å². The first-order valence-corrected chi connectivity index (χ1v) is 7.63. The lowest BCUT2D eigenvalue weighted by molar-refractivity contribution is -0.0302. The number of ether oxygens (including phenoxy) is 2. The minimum atomic E-state index is -0.248. The zero-order chi connectivity index (χ0) is 15.0. The van der Waals surface area contributed by atoms with Crippen LogP contribution in [0.1, 0.15) is 52.1 Å². The number of methoxy groups -OCH3 is 1. The SMILES string of the molecule is CCCOc1ccccc1C(NCC)C(C)(CC)OC. The van der Waals surface area contributed by atoms with Crippen molar-refractivity contribution in [2.24, 2.45) is 0 Å². The molecule has 1 N–H and O–H groups in total. The van der Waals surface area contributed by atoms with Gasteiger partial charge in [0, 0.05) is 12.7 Å². The Morgan fingerprint density at radius 3 is 2.45 bits per heavy atom. The monoisotopic (exact) mass is 279 g/mol. The van der Waals surface area contributed by atoms with Crippen molar-refractivity contribution in [3.8, 4) is 5.75 Å². The lowest BCUT2D eigenvalue weighted by Crippen LogP contribution is -2.43. The zero-order valence-corrected chi connectivity index (χ0v) is 13.5. The Morgan fingerprint density at radius 1 is 1.20 bits per heavy atom. The summed E-state index contributed by atoms with van der Waals surface area (Å²) in [5.74, 6) is 0.956. The first-order valence-electron chi connectivity index (χ1n) is 7.63. The van der Waals surface area contributed by atoms with Crippen LogP contribution in [0.2, 0.25) is 0 Å². The quantitative estimate of drug-likeness (QED) is 0.742. The predicted molar refractivity (Wildman–Crippen MR) is 84.4 cm³/mol. The number of rotatable bonds is 9. The summed E-state index contributed by atoms with van der Waals surface area (Å²) in [5.41, 5.74) is 0.927. The van der Waals surface area contributed by atoms with Crippen molar-refractivity contribution >= 4 is 0 Å². The Bertz CT molecular complexity index is 388. The average molecular weight is 279 g/mol. The fraction of sp³-hybridized carbons (Fsp3) is 0.647. The largest absolute Gasteiger partial charge is 0.493 e. The van der Waals surface area contributed by atoms with Gasteiger partial charge in [-0.05, 0) is 32.4 Å². The van der Waals surface area contributed by atoms with Crippen LogP contribution in [-0.2, 0) is 4.74 Å². The smallest absolute Gasteiger partial charge is 0.124 e. The van der Waals surface area contributed by atoms with Crippen molar-refractivity contribution < 1.29 is 9.47 Å². The van der Waals surface area contributed by atoms with E-state index in [1.54, 1.807) is 7.11 Å². The van der Waals surface area contributed by atoms with Gasteiger partial charge in [0.2, 0.25) is 0 Å². The van der Waals surface area contributed by atoms with E-state index in [9.17, 15) is 0 Å². The van der Waals surface area contributed by atoms with Crippen LogP contribution in [0, 0.1) is 0 Å². The molecule has 2 unspecified atom stereocenters. The molecule has 0 spiro atoms. The van der Waals surface area contributed by atoms with Gasteiger partial charge in [-0.15, -0.1) is 0 Å².